The van der Waals surface area contributed by atoms with E-state index in [-0.39, 0.29) is 31.1 Å². The van der Waals surface area contributed by atoms with Gasteiger partial charge < -0.3 is 14.2 Å². The summed E-state index contributed by atoms with van der Waals surface area (Å²) in [6.45, 7) is 6.52. The summed E-state index contributed by atoms with van der Waals surface area (Å²) in [4.78, 5) is 38.2. The van der Waals surface area contributed by atoms with Gasteiger partial charge in [-0.25, -0.2) is 0 Å². The van der Waals surface area contributed by atoms with Crippen LogP contribution in [0.4, 0.5) is 0 Å². The molecule has 0 saturated carbocycles. The first-order valence-corrected chi connectivity index (χ1v) is 29.3. The van der Waals surface area contributed by atoms with Crippen molar-refractivity contribution in [1.82, 2.24) is 0 Å². The zero-order valence-electron chi connectivity index (χ0n) is 45.1. The van der Waals surface area contributed by atoms with E-state index in [0.29, 0.717) is 19.3 Å². The van der Waals surface area contributed by atoms with Gasteiger partial charge in [-0.15, -0.1) is 0 Å². The molecule has 68 heavy (non-hydrogen) atoms. The van der Waals surface area contributed by atoms with Crippen molar-refractivity contribution in [2.45, 2.75) is 303 Å². The van der Waals surface area contributed by atoms with Crippen molar-refractivity contribution >= 4 is 17.9 Å². The van der Waals surface area contributed by atoms with Crippen LogP contribution in [0.1, 0.15) is 297 Å². The molecule has 0 aliphatic carbocycles. The minimum atomic E-state index is -0.794. The second-order valence-electron chi connectivity index (χ2n) is 19.5. The van der Waals surface area contributed by atoms with Crippen LogP contribution in [-0.4, -0.2) is 37.2 Å². The van der Waals surface area contributed by atoms with Gasteiger partial charge in [0.2, 0.25) is 0 Å². The number of carbonyl (C=O) groups is 3. The molecule has 0 aliphatic rings. The maximum absolute atomic E-state index is 12.9. The van der Waals surface area contributed by atoms with Gasteiger partial charge in [0.05, 0.1) is 0 Å². The highest BCUT2D eigenvalue weighted by Crippen LogP contribution is 2.16. The molecule has 0 aliphatic heterocycles. The van der Waals surface area contributed by atoms with Gasteiger partial charge in [0, 0.05) is 19.3 Å². The smallest absolute Gasteiger partial charge is 0.306 e. The summed E-state index contributed by atoms with van der Waals surface area (Å²) < 4.78 is 16.8. The van der Waals surface area contributed by atoms with Crippen molar-refractivity contribution < 1.29 is 28.6 Å². The SMILES string of the molecule is CC/C=C\C/C=C\C/C=C\C/C=C\CCCCC(=O)OCC(COC(=O)CCCCCCCCCCCCCCCCCCCCC)OC(=O)CCCCCCC/C=C\CCCCCCCCC. The molecule has 0 N–H and O–H groups in total. The predicted octanol–water partition coefficient (Wildman–Crippen LogP) is 19.6. The van der Waals surface area contributed by atoms with Gasteiger partial charge in [0.25, 0.3) is 0 Å². The molecule has 0 rings (SSSR count). The highest BCUT2D eigenvalue weighted by Gasteiger charge is 2.19. The summed E-state index contributed by atoms with van der Waals surface area (Å²) in [5, 5.41) is 0. The minimum absolute atomic E-state index is 0.0880. The monoisotopic (exact) mass is 951 g/mol. The first-order chi connectivity index (χ1) is 33.5. The molecule has 394 valence electrons. The third-order valence-electron chi connectivity index (χ3n) is 12.8. The summed E-state index contributed by atoms with van der Waals surface area (Å²) in [7, 11) is 0. The lowest BCUT2D eigenvalue weighted by Crippen LogP contribution is -2.30. The number of hydrogen-bond acceptors (Lipinski definition) is 6. The molecule has 0 radical (unpaired) electrons. The van der Waals surface area contributed by atoms with Crippen molar-refractivity contribution in [3.8, 4) is 0 Å². The molecule has 0 fully saturated rings. The largest absolute Gasteiger partial charge is 0.462 e. The van der Waals surface area contributed by atoms with Crippen LogP contribution in [0.5, 0.6) is 0 Å². The fourth-order valence-electron chi connectivity index (χ4n) is 8.37. The van der Waals surface area contributed by atoms with Crippen LogP contribution in [0.25, 0.3) is 0 Å². The van der Waals surface area contributed by atoms with E-state index < -0.39 is 6.10 Å². The summed E-state index contributed by atoms with van der Waals surface area (Å²) >= 11 is 0. The molecule has 0 aromatic rings. The van der Waals surface area contributed by atoms with Crippen LogP contribution in [0.15, 0.2) is 60.8 Å². The third kappa shape index (κ3) is 54.1. The number of carbonyl (C=O) groups excluding carboxylic acids is 3. The fraction of sp³-hybridized carbons (Fsp3) is 0.790. The lowest BCUT2D eigenvalue weighted by Gasteiger charge is -2.18. The molecule has 6 nitrogen and oxygen atoms in total. The van der Waals surface area contributed by atoms with Crippen molar-refractivity contribution in [2.75, 3.05) is 13.2 Å². The Morgan fingerprint density at radius 2 is 0.574 bits per heavy atom. The Labute approximate surface area is 421 Å². The number of allylic oxidation sites excluding steroid dienone is 10. The molecule has 0 heterocycles. The van der Waals surface area contributed by atoms with E-state index in [1.165, 1.54) is 161 Å². The van der Waals surface area contributed by atoms with Crippen molar-refractivity contribution in [1.29, 1.82) is 0 Å². The molecule has 0 aromatic carbocycles. The summed E-state index contributed by atoms with van der Waals surface area (Å²) in [6, 6.07) is 0. The van der Waals surface area contributed by atoms with Gasteiger partial charge in [-0.3, -0.25) is 14.4 Å². The minimum Gasteiger partial charge on any atom is -0.462 e. The van der Waals surface area contributed by atoms with Gasteiger partial charge in [-0.1, -0.05) is 255 Å². The quantitative estimate of drug-likeness (QED) is 0.0262. The molecule has 0 spiro atoms. The Kier molecular flexibility index (Phi) is 54.3. The van der Waals surface area contributed by atoms with E-state index in [0.717, 1.165) is 96.3 Å². The Hall–Kier alpha value is -2.89. The van der Waals surface area contributed by atoms with E-state index in [2.05, 4.69) is 81.5 Å². The van der Waals surface area contributed by atoms with Gasteiger partial charge in [0.15, 0.2) is 6.10 Å². The van der Waals surface area contributed by atoms with Crippen LogP contribution in [0.3, 0.4) is 0 Å². The van der Waals surface area contributed by atoms with Crippen molar-refractivity contribution in [3.05, 3.63) is 60.8 Å². The summed E-state index contributed by atoms with van der Waals surface area (Å²) in [6.07, 6.45) is 70.8. The fourth-order valence-corrected chi connectivity index (χ4v) is 8.37. The van der Waals surface area contributed by atoms with Crippen LogP contribution < -0.4 is 0 Å². The standard InChI is InChI=1S/C62H110O6/c1-4-7-10-13-16-19-22-25-28-30-31-32-35-37-40-43-46-49-52-55-61(64)67-58-59(57-66-60(63)54-51-48-45-42-39-36-33-27-24-21-18-15-12-9-6-3)68-62(65)56-53-50-47-44-41-38-34-29-26-23-20-17-14-11-8-5-2/h9,12,18,21,27,29,33-34,39,42,59H,4-8,10-11,13-17,19-20,22-26,28,30-32,35-38,40-41,43-58H2,1-3H3/b12-9-,21-18-,33-27-,34-29-,42-39-. The summed E-state index contributed by atoms with van der Waals surface area (Å²) in [5.74, 6) is -0.927. The van der Waals surface area contributed by atoms with E-state index >= 15 is 0 Å². The van der Waals surface area contributed by atoms with E-state index in [1.54, 1.807) is 0 Å². The predicted molar refractivity (Wildman–Crippen MR) is 293 cm³/mol. The third-order valence-corrected chi connectivity index (χ3v) is 12.8. The van der Waals surface area contributed by atoms with Gasteiger partial charge in [-0.05, 0) is 83.5 Å². The highest BCUT2D eigenvalue weighted by atomic mass is 16.6. The lowest BCUT2D eigenvalue weighted by molar-refractivity contribution is -0.167. The number of hydrogen-bond donors (Lipinski definition) is 0. The zero-order valence-corrected chi connectivity index (χ0v) is 45.1. The Balaban J connectivity index is 4.39. The molecule has 1 atom stereocenters. The second kappa shape index (κ2) is 56.7. The molecule has 1 unspecified atom stereocenters. The average Bonchev–Trinajstić information content (AvgIpc) is 3.34. The molecule has 6 heteroatoms. The van der Waals surface area contributed by atoms with Gasteiger partial charge in [-0.2, -0.15) is 0 Å². The number of ether oxygens (including phenoxy) is 3. The molecule has 0 saturated heterocycles. The Bertz CT molecular complexity index is 1230. The molecule has 0 amide bonds. The maximum Gasteiger partial charge on any atom is 0.306 e. The van der Waals surface area contributed by atoms with Gasteiger partial charge in [0.1, 0.15) is 13.2 Å². The zero-order chi connectivity index (χ0) is 49.3. The summed E-state index contributed by atoms with van der Waals surface area (Å²) in [5.41, 5.74) is 0. The first kappa shape index (κ1) is 65.1. The number of esters is 3. The van der Waals surface area contributed by atoms with Crippen molar-refractivity contribution in [2.24, 2.45) is 0 Å². The van der Waals surface area contributed by atoms with Crippen LogP contribution >= 0.6 is 0 Å². The number of unbranched alkanes of at least 4 members (excludes halogenated alkanes) is 32. The topological polar surface area (TPSA) is 78.9 Å². The van der Waals surface area contributed by atoms with Gasteiger partial charge >= 0.3 is 17.9 Å². The maximum atomic E-state index is 12.9. The molecule has 0 bridgehead atoms. The van der Waals surface area contributed by atoms with Crippen LogP contribution in [0.2, 0.25) is 0 Å². The Morgan fingerprint density at radius 3 is 0.941 bits per heavy atom. The molecular formula is C62H110O6. The van der Waals surface area contributed by atoms with Crippen LogP contribution in [0, 0.1) is 0 Å². The van der Waals surface area contributed by atoms with Crippen molar-refractivity contribution in [3.63, 3.8) is 0 Å². The first-order valence-electron chi connectivity index (χ1n) is 29.3. The second-order valence-corrected chi connectivity index (χ2v) is 19.5. The normalized spacial score (nSPS) is 12.5. The Morgan fingerprint density at radius 1 is 0.309 bits per heavy atom. The van der Waals surface area contributed by atoms with E-state index in [1.807, 2.05) is 0 Å². The molecule has 0 aromatic heterocycles. The van der Waals surface area contributed by atoms with E-state index in [4.69, 9.17) is 14.2 Å². The van der Waals surface area contributed by atoms with E-state index in [9.17, 15) is 14.4 Å². The number of rotatable bonds is 53. The molecular weight excluding hydrogens is 841 g/mol. The lowest BCUT2D eigenvalue weighted by atomic mass is 10.0. The highest BCUT2D eigenvalue weighted by molar-refractivity contribution is 5.71. The average molecular weight is 952 g/mol. The van der Waals surface area contributed by atoms with Crippen LogP contribution in [-0.2, 0) is 28.6 Å².